The van der Waals surface area contributed by atoms with E-state index in [4.69, 9.17) is 10.8 Å². The molecule has 0 unspecified atom stereocenters. The van der Waals surface area contributed by atoms with Gasteiger partial charge in [0.25, 0.3) is 0 Å². The third kappa shape index (κ3) is 3.40. The first-order valence-electron chi connectivity index (χ1n) is 10.9. The van der Waals surface area contributed by atoms with Gasteiger partial charge in [-0.1, -0.05) is 0 Å². The third-order valence-corrected chi connectivity index (χ3v) is 6.31. The van der Waals surface area contributed by atoms with Crippen molar-refractivity contribution in [3.8, 4) is 28.6 Å². The highest BCUT2D eigenvalue weighted by Gasteiger charge is 2.25. The molecule has 0 spiro atoms. The molecule has 3 aromatic heterocycles. The Morgan fingerprint density at radius 2 is 2.03 bits per heavy atom. The summed E-state index contributed by atoms with van der Waals surface area (Å²) in [5.41, 5.74) is 12.7. The number of carbonyl (C=O) groups is 1. The number of fused-ring (bicyclic) bond motifs is 2. The molecule has 9 nitrogen and oxygen atoms in total. The molecule has 9 heteroatoms. The van der Waals surface area contributed by atoms with E-state index in [2.05, 4.69) is 21.3 Å². The van der Waals surface area contributed by atoms with Crippen molar-refractivity contribution < 1.29 is 4.79 Å². The van der Waals surface area contributed by atoms with Crippen LogP contribution in [0.5, 0.6) is 0 Å². The highest BCUT2D eigenvalue weighted by molar-refractivity contribution is 5.97. The quantitative estimate of drug-likeness (QED) is 0.504. The van der Waals surface area contributed by atoms with Crippen LogP contribution in [0.3, 0.4) is 0 Å². The zero-order valence-electron chi connectivity index (χ0n) is 18.8. The number of H-pyrrole nitrogens is 1. The molecule has 0 fully saturated rings. The van der Waals surface area contributed by atoms with Crippen molar-refractivity contribution in [3.63, 3.8) is 0 Å². The number of benzene rings is 1. The zero-order valence-corrected chi connectivity index (χ0v) is 18.8. The molecule has 0 atom stereocenters. The van der Waals surface area contributed by atoms with Gasteiger partial charge in [-0.3, -0.25) is 19.6 Å². The first kappa shape index (κ1) is 20.7. The maximum atomic E-state index is 12.7. The van der Waals surface area contributed by atoms with Crippen molar-refractivity contribution in [1.29, 1.82) is 5.26 Å². The molecule has 3 N–H and O–H groups in total. The first-order chi connectivity index (χ1) is 15.9. The van der Waals surface area contributed by atoms with Gasteiger partial charge in [-0.05, 0) is 44.5 Å². The predicted octanol–water partition coefficient (Wildman–Crippen LogP) is 3.04. The fraction of sp³-hybridized carbons (Fsp3) is 0.292. The number of anilines is 1. The zero-order chi connectivity index (χ0) is 23.3. The summed E-state index contributed by atoms with van der Waals surface area (Å²) in [5.74, 6) is 0.0656. The van der Waals surface area contributed by atoms with Crippen LogP contribution in [0.1, 0.15) is 30.7 Å². The van der Waals surface area contributed by atoms with Crippen molar-refractivity contribution in [1.82, 2.24) is 29.9 Å². The number of aromatic amines is 1. The lowest BCUT2D eigenvalue weighted by atomic mass is 9.95. The van der Waals surface area contributed by atoms with E-state index >= 15 is 0 Å². The van der Waals surface area contributed by atoms with Gasteiger partial charge in [0.2, 0.25) is 5.91 Å². The molecule has 33 heavy (non-hydrogen) atoms. The van der Waals surface area contributed by atoms with E-state index in [1.54, 1.807) is 23.1 Å². The van der Waals surface area contributed by atoms with Gasteiger partial charge in [0.1, 0.15) is 17.9 Å². The van der Waals surface area contributed by atoms with Crippen molar-refractivity contribution in [2.75, 3.05) is 12.3 Å². The van der Waals surface area contributed by atoms with Gasteiger partial charge in [0.15, 0.2) is 0 Å². The number of hydrogen-bond acceptors (Lipinski definition) is 6. The Morgan fingerprint density at radius 1 is 1.21 bits per heavy atom. The molecular formula is C24H24N8O. The highest BCUT2D eigenvalue weighted by atomic mass is 16.2. The van der Waals surface area contributed by atoms with Crippen LogP contribution < -0.4 is 5.73 Å². The molecule has 0 saturated carbocycles. The van der Waals surface area contributed by atoms with E-state index in [1.165, 1.54) is 0 Å². The summed E-state index contributed by atoms with van der Waals surface area (Å²) in [4.78, 5) is 18.8. The number of nitriles is 1. The molecule has 1 aliphatic rings. The Labute approximate surface area is 190 Å². The monoisotopic (exact) mass is 440 g/mol. The number of aromatic nitrogens is 5. The molecule has 1 amide bonds. The molecule has 1 aromatic carbocycles. The summed E-state index contributed by atoms with van der Waals surface area (Å²) in [6.45, 7) is 6.85. The van der Waals surface area contributed by atoms with E-state index in [9.17, 15) is 10.1 Å². The van der Waals surface area contributed by atoms with E-state index in [0.717, 1.165) is 39.7 Å². The minimum absolute atomic E-state index is 0.0656. The largest absolute Gasteiger partial charge is 0.397 e. The average Bonchev–Trinajstić information content (AvgIpc) is 3.34. The molecule has 0 radical (unpaired) electrons. The summed E-state index contributed by atoms with van der Waals surface area (Å²) < 4.78 is 1.77. The maximum Gasteiger partial charge on any atom is 0.244 e. The van der Waals surface area contributed by atoms with Crippen LogP contribution in [0.25, 0.3) is 33.4 Å². The van der Waals surface area contributed by atoms with Crippen molar-refractivity contribution in [2.24, 2.45) is 0 Å². The minimum atomic E-state index is 0.0656. The van der Waals surface area contributed by atoms with Gasteiger partial charge in [-0.15, -0.1) is 0 Å². The van der Waals surface area contributed by atoms with Crippen LogP contribution in [0, 0.1) is 18.3 Å². The number of nitrogens with one attached hydrogen (secondary N) is 1. The van der Waals surface area contributed by atoms with E-state index in [-0.39, 0.29) is 18.5 Å². The number of nitrogens with zero attached hydrogens (tertiary/aromatic N) is 6. The number of nitrogens with two attached hydrogens (primary N) is 1. The van der Waals surface area contributed by atoms with Crippen molar-refractivity contribution in [2.45, 2.75) is 39.8 Å². The number of pyridine rings is 1. The molecule has 4 heterocycles. The van der Waals surface area contributed by atoms with Gasteiger partial charge in [0.05, 0.1) is 29.0 Å². The number of nitrogen functional groups attached to an aromatic ring is 1. The van der Waals surface area contributed by atoms with Gasteiger partial charge in [0, 0.05) is 47.4 Å². The second-order valence-electron chi connectivity index (χ2n) is 8.64. The first-order valence-corrected chi connectivity index (χ1v) is 10.9. The fourth-order valence-electron chi connectivity index (χ4n) is 4.42. The SMILES string of the molecule is Cc1c(N)cncc1-c1cc2c(-c3cc4n(n3)CC(=O)N(C(C)C)CC4)n[nH]c2cc1C#N. The fourth-order valence-corrected chi connectivity index (χ4v) is 4.42. The number of amides is 1. The second-order valence-corrected chi connectivity index (χ2v) is 8.64. The van der Waals surface area contributed by atoms with E-state index in [1.807, 2.05) is 37.8 Å². The van der Waals surface area contributed by atoms with E-state index in [0.29, 0.717) is 29.2 Å². The molecule has 1 aliphatic heterocycles. The minimum Gasteiger partial charge on any atom is -0.397 e. The van der Waals surface area contributed by atoms with Gasteiger partial charge in [-0.25, -0.2) is 0 Å². The molecule has 0 bridgehead atoms. The normalized spacial score (nSPS) is 13.9. The highest BCUT2D eigenvalue weighted by Crippen LogP contribution is 2.35. The Morgan fingerprint density at radius 3 is 2.79 bits per heavy atom. The summed E-state index contributed by atoms with van der Waals surface area (Å²) in [6.07, 6.45) is 4.06. The molecular weight excluding hydrogens is 416 g/mol. The standard InChI is InChI=1S/C24H24N8O/c1-13(2)31-5-4-16-7-22(30-32(16)12-23(31)33)24-18-8-17(15(9-25)6-21(18)28-29-24)19-10-27-11-20(26)14(19)3/h6-8,10-11,13H,4-5,12,26H2,1-3H3,(H,28,29). The average molecular weight is 441 g/mol. The maximum absolute atomic E-state index is 12.7. The van der Waals surface area contributed by atoms with Crippen LogP contribution in [-0.2, 0) is 17.8 Å². The van der Waals surface area contributed by atoms with Crippen molar-refractivity contribution in [3.05, 3.63) is 47.4 Å². The van der Waals surface area contributed by atoms with Gasteiger partial charge in [-0.2, -0.15) is 15.5 Å². The molecule has 0 aliphatic carbocycles. The number of carbonyl (C=O) groups excluding carboxylic acids is 1. The molecule has 4 aromatic rings. The molecule has 5 rings (SSSR count). The third-order valence-electron chi connectivity index (χ3n) is 6.31. The topological polar surface area (TPSA) is 130 Å². The van der Waals surface area contributed by atoms with Crippen molar-refractivity contribution >= 4 is 22.5 Å². The van der Waals surface area contributed by atoms with E-state index < -0.39 is 0 Å². The Bertz CT molecular complexity index is 1440. The Kier molecular flexibility index (Phi) is 4.86. The Hall–Kier alpha value is -4.19. The summed E-state index contributed by atoms with van der Waals surface area (Å²) in [7, 11) is 0. The van der Waals surface area contributed by atoms with Crippen LogP contribution in [0.15, 0.2) is 30.6 Å². The van der Waals surface area contributed by atoms with Crippen LogP contribution in [0.2, 0.25) is 0 Å². The Balaban J connectivity index is 1.61. The summed E-state index contributed by atoms with van der Waals surface area (Å²) in [6, 6.07) is 8.15. The molecule has 166 valence electrons. The number of hydrogen-bond donors (Lipinski definition) is 2. The smallest absolute Gasteiger partial charge is 0.244 e. The number of rotatable bonds is 3. The molecule has 0 saturated heterocycles. The lowest BCUT2D eigenvalue weighted by Crippen LogP contribution is -2.38. The lowest BCUT2D eigenvalue weighted by molar-refractivity contribution is -0.133. The van der Waals surface area contributed by atoms with Crippen LogP contribution in [0.4, 0.5) is 5.69 Å². The second kappa shape index (κ2) is 7.74. The lowest BCUT2D eigenvalue weighted by Gasteiger charge is -2.24. The predicted molar refractivity (Wildman–Crippen MR) is 125 cm³/mol. The summed E-state index contributed by atoms with van der Waals surface area (Å²) in [5, 5.41) is 22.8. The van der Waals surface area contributed by atoms with Crippen LogP contribution >= 0.6 is 0 Å². The van der Waals surface area contributed by atoms with Gasteiger partial charge < -0.3 is 10.6 Å². The summed E-state index contributed by atoms with van der Waals surface area (Å²) >= 11 is 0. The van der Waals surface area contributed by atoms with Gasteiger partial charge >= 0.3 is 0 Å². The van der Waals surface area contributed by atoms with Crippen LogP contribution in [-0.4, -0.2) is 48.4 Å².